The summed E-state index contributed by atoms with van der Waals surface area (Å²) in [6.45, 7) is 5.97. The summed E-state index contributed by atoms with van der Waals surface area (Å²) in [6.07, 6.45) is 0. The maximum atomic E-state index is 10.9. The highest BCUT2D eigenvalue weighted by Crippen LogP contribution is 2.22. The average Bonchev–Trinajstić information content (AvgIpc) is 2.58. The van der Waals surface area contributed by atoms with Gasteiger partial charge in [-0.25, -0.2) is 14.8 Å². The van der Waals surface area contributed by atoms with E-state index in [-0.39, 0.29) is 5.56 Å². The number of carboxylic acid groups (broad SMARTS) is 1. The molecule has 0 amide bonds. The molecular weight excluding hydrogens is 328 g/mol. The molecule has 0 saturated heterocycles. The fourth-order valence-corrected chi connectivity index (χ4v) is 2.51. The molecule has 132 valence electrons. The van der Waals surface area contributed by atoms with Crippen LogP contribution in [-0.2, 0) is 0 Å². The first-order valence-corrected chi connectivity index (χ1v) is 8.21. The molecule has 6 heteroatoms. The third-order valence-corrected chi connectivity index (χ3v) is 4.02. The van der Waals surface area contributed by atoms with E-state index in [0.717, 1.165) is 11.4 Å². The van der Waals surface area contributed by atoms with Crippen molar-refractivity contribution >= 4 is 29.0 Å². The predicted molar refractivity (Wildman–Crippen MR) is 103 cm³/mol. The van der Waals surface area contributed by atoms with E-state index in [1.54, 1.807) is 24.3 Å². The minimum Gasteiger partial charge on any atom is -0.478 e. The van der Waals surface area contributed by atoms with E-state index >= 15 is 0 Å². The van der Waals surface area contributed by atoms with Crippen molar-refractivity contribution in [1.82, 2.24) is 9.97 Å². The maximum Gasteiger partial charge on any atom is 0.335 e. The van der Waals surface area contributed by atoms with Gasteiger partial charge >= 0.3 is 5.97 Å². The van der Waals surface area contributed by atoms with Crippen molar-refractivity contribution in [2.75, 3.05) is 10.6 Å². The monoisotopic (exact) mass is 348 g/mol. The molecule has 0 unspecified atom stereocenters. The zero-order valence-electron chi connectivity index (χ0n) is 14.9. The number of carbonyl (C=O) groups is 1. The Labute approximate surface area is 152 Å². The van der Waals surface area contributed by atoms with Crippen LogP contribution in [0.15, 0.2) is 48.5 Å². The van der Waals surface area contributed by atoms with Crippen LogP contribution in [0.5, 0.6) is 0 Å². The second-order valence-electron chi connectivity index (χ2n) is 6.12. The van der Waals surface area contributed by atoms with Gasteiger partial charge in [-0.05, 0) is 68.3 Å². The van der Waals surface area contributed by atoms with Gasteiger partial charge in [0.2, 0.25) is 0 Å². The van der Waals surface area contributed by atoms with Gasteiger partial charge in [-0.3, -0.25) is 0 Å². The van der Waals surface area contributed by atoms with Crippen molar-refractivity contribution in [2.45, 2.75) is 20.8 Å². The highest BCUT2D eigenvalue weighted by molar-refractivity contribution is 5.88. The molecule has 1 heterocycles. The molecule has 0 saturated carbocycles. The topological polar surface area (TPSA) is 87.1 Å². The van der Waals surface area contributed by atoms with Crippen LogP contribution in [-0.4, -0.2) is 21.0 Å². The molecule has 0 bridgehead atoms. The van der Waals surface area contributed by atoms with Gasteiger partial charge < -0.3 is 15.7 Å². The number of benzene rings is 2. The van der Waals surface area contributed by atoms with Crippen molar-refractivity contribution in [3.63, 3.8) is 0 Å². The van der Waals surface area contributed by atoms with Crippen molar-refractivity contribution in [3.05, 3.63) is 71.0 Å². The Balaban J connectivity index is 1.80. The normalized spacial score (nSPS) is 10.4. The number of aromatic carboxylic acids is 1. The Morgan fingerprint density at radius 2 is 1.38 bits per heavy atom. The summed E-state index contributed by atoms with van der Waals surface area (Å²) in [6, 6.07) is 14.5. The van der Waals surface area contributed by atoms with Crippen LogP contribution in [0.1, 0.15) is 27.3 Å². The Morgan fingerprint density at radius 3 is 1.96 bits per heavy atom. The van der Waals surface area contributed by atoms with E-state index in [2.05, 4.69) is 46.6 Å². The van der Waals surface area contributed by atoms with E-state index < -0.39 is 5.97 Å². The first-order valence-electron chi connectivity index (χ1n) is 8.21. The molecule has 3 rings (SSSR count). The Morgan fingerprint density at radius 1 is 0.808 bits per heavy atom. The summed E-state index contributed by atoms with van der Waals surface area (Å²) in [7, 11) is 0. The van der Waals surface area contributed by atoms with Crippen molar-refractivity contribution in [3.8, 4) is 0 Å². The van der Waals surface area contributed by atoms with Crippen LogP contribution in [0.25, 0.3) is 0 Å². The van der Waals surface area contributed by atoms with Gasteiger partial charge in [-0.2, -0.15) is 0 Å². The number of aromatic nitrogens is 2. The zero-order chi connectivity index (χ0) is 18.7. The number of hydrogen-bond donors (Lipinski definition) is 3. The molecular formula is C20H20N4O2. The van der Waals surface area contributed by atoms with E-state index in [0.29, 0.717) is 17.5 Å². The lowest BCUT2D eigenvalue weighted by Crippen LogP contribution is -2.02. The number of nitrogens with one attached hydrogen (secondary N) is 2. The zero-order valence-corrected chi connectivity index (χ0v) is 14.9. The van der Waals surface area contributed by atoms with Gasteiger partial charge in [-0.15, -0.1) is 0 Å². The number of rotatable bonds is 5. The standard InChI is InChI=1S/C20H20N4O2/c1-12-4-7-17(10-13(12)2)24-19-11-18(21-14(3)22-19)23-16-8-5-15(6-9-16)20(25)26/h4-11H,1-3H3,(H,25,26)(H2,21,22,23,24). The molecule has 0 fully saturated rings. The van der Waals surface area contributed by atoms with Gasteiger partial charge in [0.15, 0.2) is 0 Å². The summed E-state index contributed by atoms with van der Waals surface area (Å²) in [4.78, 5) is 19.7. The Hall–Kier alpha value is -3.41. The molecule has 0 atom stereocenters. The first-order chi connectivity index (χ1) is 12.4. The predicted octanol–water partition coefficient (Wildman–Crippen LogP) is 4.59. The summed E-state index contributed by atoms with van der Waals surface area (Å²) in [5.41, 5.74) is 4.40. The quantitative estimate of drug-likeness (QED) is 0.625. The van der Waals surface area contributed by atoms with Gasteiger partial charge in [0, 0.05) is 17.4 Å². The van der Waals surface area contributed by atoms with Crippen molar-refractivity contribution < 1.29 is 9.90 Å². The number of nitrogens with zero attached hydrogens (tertiary/aromatic N) is 2. The lowest BCUT2D eigenvalue weighted by Gasteiger charge is -2.11. The minimum atomic E-state index is -0.950. The van der Waals surface area contributed by atoms with Gasteiger partial charge in [0.1, 0.15) is 17.5 Å². The molecule has 6 nitrogen and oxygen atoms in total. The highest BCUT2D eigenvalue weighted by atomic mass is 16.4. The SMILES string of the molecule is Cc1nc(Nc2ccc(C(=O)O)cc2)cc(Nc2ccc(C)c(C)c2)n1. The molecule has 0 spiro atoms. The molecule has 3 aromatic rings. The molecule has 2 aromatic carbocycles. The Kier molecular flexibility index (Phi) is 4.84. The second kappa shape index (κ2) is 7.23. The smallest absolute Gasteiger partial charge is 0.335 e. The highest BCUT2D eigenvalue weighted by Gasteiger charge is 2.06. The molecule has 0 aliphatic carbocycles. The molecule has 26 heavy (non-hydrogen) atoms. The maximum absolute atomic E-state index is 10.9. The summed E-state index contributed by atoms with van der Waals surface area (Å²) in [5.74, 6) is 0.995. The minimum absolute atomic E-state index is 0.242. The van der Waals surface area contributed by atoms with Crippen LogP contribution in [0.3, 0.4) is 0 Å². The average molecular weight is 348 g/mol. The van der Waals surface area contributed by atoms with E-state index in [1.165, 1.54) is 11.1 Å². The van der Waals surface area contributed by atoms with E-state index in [4.69, 9.17) is 5.11 Å². The van der Waals surface area contributed by atoms with Crippen LogP contribution in [0.4, 0.5) is 23.0 Å². The first kappa shape index (κ1) is 17.4. The fourth-order valence-electron chi connectivity index (χ4n) is 2.51. The van der Waals surface area contributed by atoms with Gasteiger partial charge in [-0.1, -0.05) is 6.07 Å². The summed E-state index contributed by atoms with van der Waals surface area (Å²) >= 11 is 0. The molecule has 0 aliphatic rings. The van der Waals surface area contributed by atoms with Crippen LogP contribution < -0.4 is 10.6 Å². The van der Waals surface area contributed by atoms with Crippen molar-refractivity contribution in [1.29, 1.82) is 0 Å². The summed E-state index contributed by atoms with van der Waals surface area (Å²) < 4.78 is 0. The van der Waals surface area contributed by atoms with E-state index in [1.807, 2.05) is 19.1 Å². The molecule has 3 N–H and O–H groups in total. The summed E-state index contributed by atoms with van der Waals surface area (Å²) in [5, 5.41) is 15.4. The van der Waals surface area contributed by atoms with E-state index in [9.17, 15) is 4.79 Å². The van der Waals surface area contributed by atoms with Gasteiger partial charge in [0.05, 0.1) is 5.56 Å². The third kappa shape index (κ3) is 4.16. The number of hydrogen-bond acceptors (Lipinski definition) is 5. The molecule has 0 radical (unpaired) electrons. The number of anilines is 4. The van der Waals surface area contributed by atoms with Crippen LogP contribution in [0, 0.1) is 20.8 Å². The van der Waals surface area contributed by atoms with Gasteiger partial charge in [0.25, 0.3) is 0 Å². The fraction of sp³-hybridized carbons (Fsp3) is 0.150. The molecule has 0 aliphatic heterocycles. The lowest BCUT2D eigenvalue weighted by atomic mass is 10.1. The third-order valence-electron chi connectivity index (χ3n) is 4.02. The van der Waals surface area contributed by atoms with Crippen molar-refractivity contribution in [2.24, 2.45) is 0 Å². The van der Waals surface area contributed by atoms with Crippen LogP contribution >= 0.6 is 0 Å². The van der Waals surface area contributed by atoms with Crippen LogP contribution in [0.2, 0.25) is 0 Å². The second-order valence-corrected chi connectivity index (χ2v) is 6.12. The number of carboxylic acids is 1. The molecule has 1 aromatic heterocycles. The lowest BCUT2D eigenvalue weighted by molar-refractivity contribution is 0.0697. The Bertz CT molecular complexity index is 953. The number of aryl methyl sites for hydroxylation is 3. The largest absolute Gasteiger partial charge is 0.478 e.